The van der Waals surface area contributed by atoms with E-state index in [1.165, 1.54) is 12.0 Å². The molecule has 1 aliphatic heterocycles. The minimum Gasteiger partial charge on any atom is -0.480 e. The quantitative estimate of drug-likeness (QED) is 0.252. The molecule has 2 N–H and O–H groups in total. The lowest BCUT2D eigenvalue weighted by molar-refractivity contribution is -0.145. The maximum atomic E-state index is 12.9. The summed E-state index contributed by atoms with van der Waals surface area (Å²) >= 11 is 0. The summed E-state index contributed by atoms with van der Waals surface area (Å²) in [5.41, 5.74) is 0.900. The average molecular weight is 591 g/mol. The minimum absolute atomic E-state index is 0.210. The van der Waals surface area contributed by atoms with Gasteiger partial charge in [-0.1, -0.05) is 69.5 Å². The fourth-order valence-electron chi connectivity index (χ4n) is 6.67. The Balaban J connectivity index is 0.00000155. The largest absolute Gasteiger partial charge is 0.480 e. The van der Waals surface area contributed by atoms with Crippen molar-refractivity contribution in [2.45, 2.75) is 96.3 Å². The number of nitrogens with zero attached hydrogens (tertiary/aromatic N) is 3. The molecule has 6 nitrogen and oxygen atoms in total. The number of carboxylic acid groups (broad SMARTS) is 1. The van der Waals surface area contributed by atoms with Gasteiger partial charge >= 0.3 is 12.1 Å². The average Bonchev–Trinajstić information content (AvgIpc) is 3.62. The van der Waals surface area contributed by atoms with E-state index >= 15 is 0 Å². The Labute approximate surface area is 249 Å². The number of likely N-dealkylation sites (N-methyl/N-ethyl adjacent to an activating group) is 1. The summed E-state index contributed by atoms with van der Waals surface area (Å²) in [4.78, 5) is 17.2. The number of alkyl halides is 3. The van der Waals surface area contributed by atoms with Crippen molar-refractivity contribution < 1.29 is 23.1 Å². The molecule has 3 unspecified atom stereocenters. The number of benzene rings is 1. The van der Waals surface area contributed by atoms with Gasteiger partial charge in [-0.15, -0.1) is 6.58 Å². The molecule has 2 aliphatic rings. The number of aliphatic carboxylic acids is 1. The van der Waals surface area contributed by atoms with Crippen LogP contribution in [0.2, 0.25) is 0 Å². The van der Waals surface area contributed by atoms with Gasteiger partial charge < -0.3 is 5.11 Å². The van der Waals surface area contributed by atoms with Gasteiger partial charge in [0.25, 0.3) is 0 Å². The van der Waals surface area contributed by atoms with Crippen LogP contribution in [0.3, 0.4) is 0 Å². The lowest BCUT2D eigenvalue weighted by Crippen LogP contribution is -2.47. The summed E-state index contributed by atoms with van der Waals surface area (Å²) in [6, 6.07) is 11.3. The van der Waals surface area contributed by atoms with Crippen molar-refractivity contribution in [1.29, 1.82) is 0 Å². The highest BCUT2D eigenvalue weighted by atomic mass is 19.4. The number of halogens is 3. The SMILES string of the molecule is C=CC.CCN(CCC(C)CCc1cc(C(F)(F)F)n[nH]1)C1CN([C@@H](C(=O)O)C2CCCCC2)CC1c1ccccc1. The number of aromatic amines is 1. The first-order valence-electron chi connectivity index (χ1n) is 15.5. The number of aryl methyl sites for hydroxylation is 1. The molecular weight excluding hydrogens is 541 g/mol. The predicted molar refractivity (Wildman–Crippen MR) is 161 cm³/mol. The van der Waals surface area contributed by atoms with Gasteiger partial charge in [0, 0.05) is 30.7 Å². The zero-order valence-electron chi connectivity index (χ0n) is 25.5. The monoisotopic (exact) mass is 590 g/mol. The predicted octanol–water partition coefficient (Wildman–Crippen LogP) is 7.40. The van der Waals surface area contributed by atoms with E-state index in [9.17, 15) is 23.1 Å². The van der Waals surface area contributed by atoms with Crippen LogP contribution in [0.15, 0.2) is 49.1 Å². The molecule has 4 atom stereocenters. The molecule has 42 heavy (non-hydrogen) atoms. The molecule has 1 aromatic carbocycles. The molecular formula is C33H49F3N4O2. The highest BCUT2D eigenvalue weighted by molar-refractivity contribution is 5.74. The molecule has 2 heterocycles. The Kier molecular flexibility index (Phi) is 13.1. The third-order valence-corrected chi connectivity index (χ3v) is 8.90. The van der Waals surface area contributed by atoms with Crippen molar-refractivity contribution in [3.05, 3.63) is 66.0 Å². The van der Waals surface area contributed by atoms with Crippen molar-refractivity contribution in [2.24, 2.45) is 11.8 Å². The topological polar surface area (TPSA) is 72.5 Å². The van der Waals surface area contributed by atoms with Gasteiger partial charge in [0.1, 0.15) is 6.04 Å². The zero-order valence-corrected chi connectivity index (χ0v) is 25.5. The third-order valence-electron chi connectivity index (χ3n) is 8.90. The first-order chi connectivity index (χ1) is 20.1. The highest BCUT2D eigenvalue weighted by Crippen LogP contribution is 2.37. The molecule has 1 aromatic heterocycles. The standard InChI is InChI=1S/C30H43F3N4O2.C3H6/c1-3-36(17-16-21(2)14-15-24-18-27(35-34-24)30(31,32)33)26-20-37(19-25(26)22-10-6-4-7-11-22)28(29(38)39)23-12-8-5-9-13-23;1-3-2/h4,6-7,10-11,18,21,23,25-26,28H,3,5,8-9,12-17,19-20H2,1-2H3,(H,34,35)(H,38,39);3H,1H2,2H3/t21?,25?,26?,28-;/m1./s1. The van der Waals surface area contributed by atoms with E-state index in [-0.39, 0.29) is 17.9 Å². The van der Waals surface area contributed by atoms with E-state index in [1.54, 1.807) is 6.08 Å². The van der Waals surface area contributed by atoms with E-state index in [1.807, 2.05) is 13.0 Å². The molecule has 1 saturated carbocycles. The minimum atomic E-state index is -4.43. The molecule has 0 bridgehead atoms. The number of aromatic nitrogens is 2. The van der Waals surface area contributed by atoms with Crippen LogP contribution in [-0.2, 0) is 17.4 Å². The number of hydrogen-bond acceptors (Lipinski definition) is 4. The van der Waals surface area contributed by atoms with Crippen LogP contribution in [0.4, 0.5) is 13.2 Å². The summed E-state index contributed by atoms with van der Waals surface area (Å²) in [5, 5.41) is 16.2. The molecule has 0 radical (unpaired) electrons. The lowest BCUT2D eigenvalue weighted by Gasteiger charge is -2.35. The summed E-state index contributed by atoms with van der Waals surface area (Å²) < 4.78 is 38.6. The van der Waals surface area contributed by atoms with Gasteiger partial charge in [-0.05, 0) is 75.6 Å². The van der Waals surface area contributed by atoms with Gasteiger partial charge in [-0.25, -0.2) is 0 Å². The summed E-state index contributed by atoms with van der Waals surface area (Å²) in [6.45, 7) is 12.8. The van der Waals surface area contributed by atoms with Crippen LogP contribution in [-0.4, -0.2) is 69.3 Å². The van der Waals surface area contributed by atoms with Gasteiger partial charge in [-0.2, -0.15) is 18.3 Å². The maximum Gasteiger partial charge on any atom is 0.435 e. The highest BCUT2D eigenvalue weighted by Gasteiger charge is 2.44. The number of allylic oxidation sites excluding steroid dienone is 1. The van der Waals surface area contributed by atoms with Crippen LogP contribution in [0.25, 0.3) is 0 Å². The summed E-state index contributed by atoms with van der Waals surface area (Å²) in [5.74, 6) is 0.0800. The van der Waals surface area contributed by atoms with Gasteiger partial charge in [0.15, 0.2) is 5.69 Å². The third kappa shape index (κ3) is 9.43. The molecule has 0 spiro atoms. The van der Waals surface area contributed by atoms with Crippen LogP contribution in [0.1, 0.15) is 88.6 Å². The van der Waals surface area contributed by atoms with Crippen LogP contribution in [0, 0.1) is 11.8 Å². The Bertz CT molecular complexity index is 1080. The number of likely N-dealkylation sites (tertiary alicyclic amines) is 1. The van der Waals surface area contributed by atoms with Crippen molar-refractivity contribution in [3.63, 3.8) is 0 Å². The molecule has 234 valence electrons. The number of carboxylic acids is 1. The number of carbonyl (C=O) groups is 1. The zero-order chi connectivity index (χ0) is 30.7. The number of hydrogen-bond donors (Lipinski definition) is 2. The number of rotatable bonds is 12. The van der Waals surface area contributed by atoms with Crippen LogP contribution >= 0.6 is 0 Å². The number of nitrogens with one attached hydrogen (secondary N) is 1. The molecule has 9 heteroatoms. The van der Waals surface area contributed by atoms with Gasteiger partial charge in [0.2, 0.25) is 0 Å². The fourth-order valence-corrected chi connectivity index (χ4v) is 6.67. The Morgan fingerprint density at radius 2 is 1.86 bits per heavy atom. The fraction of sp³-hybridized carbons (Fsp3) is 0.636. The second kappa shape index (κ2) is 16.3. The van der Waals surface area contributed by atoms with E-state index in [2.05, 4.69) is 64.7 Å². The second-order valence-electron chi connectivity index (χ2n) is 12.0. The lowest BCUT2D eigenvalue weighted by atomic mass is 9.83. The van der Waals surface area contributed by atoms with E-state index in [4.69, 9.17) is 0 Å². The Hall–Kier alpha value is -2.65. The molecule has 2 fully saturated rings. The summed E-state index contributed by atoms with van der Waals surface area (Å²) in [6.07, 6.45) is 4.96. The molecule has 4 rings (SSSR count). The molecule has 0 amide bonds. The Morgan fingerprint density at radius 3 is 2.43 bits per heavy atom. The first kappa shape index (κ1) is 33.8. The maximum absolute atomic E-state index is 12.9. The first-order valence-corrected chi connectivity index (χ1v) is 15.5. The normalized spacial score (nSPS) is 21.5. The number of H-pyrrole nitrogens is 1. The van der Waals surface area contributed by atoms with Crippen molar-refractivity contribution >= 4 is 5.97 Å². The smallest absolute Gasteiger partial charge is 0.435 e. The van der Waals surface area contributed by atoms with E-state index in [0.717, 1.165) is 70.8 Å². The van der Waals surface area contributed by atoms with Gasteiger partial charge in [-0.3, -0.25) is 19.7 Å². The van der Waals surface area contributed by atoms with Crippen molar-refractivity contribution in [2.75, 3.05) is 26.2 Å². The Morgan fingerprint density at radius 1 is 1.19 bits per heavy atom. The molecule has 1 aliphatic carbocycles. The van der Waals surface area contributed by atoms with E-state index in [0.29, 0.717) is 18.0 Å². The van der Waals surface area contributed by atoms with Crippen LogP contribution in [0.5, 0.6) is 0 Å². The van der Waals surface area contributed by atoms with E-state index < -0.39 is 23.9 Å². The molecule has 1 saturated heterocycles. The van der Waals surface area contributed by atoms with Crippen molar-refractivity contribution in [1.82, 2.24) is 20.0 Å². The van der Waals surface area contributed by atoms with Gasteiger partial charge in [0.05, 0.1) is 0 Å². The van der Waals surface area contributed by atoms with Crippen LogP contribution < -0.4 is 0 Å². The summed E-state index contributed by atoms with van der Waals surface area (Å²) in [7, 11) is 0. The molecule has 2 aromatic rings. The van der Waals surface area contributed by atoms with Crippen molar-refractivity contribution in [3.8, 4) is 0 Å². The second-order valence-corrected chi connectivity index (χ2v) is 12.0.